The van der Waals surface area contributed by atoms with Gasteiger partial charge in [0, 0.05) is 51.9 Å². The second kappa shape index (κ2) is 9.09. The third-order valence-corrected chi connectivity index (χ3v) is 5.15. The highest BCUT2D eigenvalue weighted by atomic mass is 16.2. The maximum absolute atomic E-state index is 12.5. The number of anilines is 1. The molecule has 3 rings (SSSR count). The highest BCUT2D eigenvalue weighted by Crippen LogP contribution is 2.19. The molecule has 0 bridgehead atoms. The van der Waals surface area contributed by atoms with Crippen molar-refractivity contribution in [1.82, 2.24) is 20.1 Å². The van der Waals surface area contributed by atoms with Crippen LogP contribution in [-0.4, -0.2) is 72.4 Å². The summed E-state index contributed by atoms with van der Waals surface area (Å²) in [7, 11) is 0. The fourth-order valence-electron chi connectivity index (χ4n) is 3.57. The maximum atomic E-state index is 12.5. The van der Waals surface area contributed by atoms with E-state index < -0.39 is 0 Å². The van der Waals surface area contributed by atoms with Gasteiger partial charge in [-0.25, -0.2) is 4.98 Å². The summed E-state index contributed by atoms with van der Waals surface area (Å²) < 4.78 is 0. The molecule has 7 nitrogen and oxygen atoms in total. The van der Waals surface area contributed by atoms with Crippen molar-refractivity contribution >= 4 is 17.6 Å². The minimum Gasteiger partial charge on any atom is -0.340 e. The predicted molar refractivity (Wildman–Crippen MR) is 101 cm³/mol. The Hall–Kier alpha value is -1.99. The fraction of sp³-hybridized carbons (Fsp3) is 0.632. The van der Waals surface area contributed by atoms with Crippen LogP contribution >= 0.6 is 0 Å². The normalized spacial score (nSPS) is 21.4. The van der Waals surface area contributed by atoms with E-state index in [-0.39, 0.29) is 17.7 Å². The average molecular weight is 359 g/mol. The van der Waals surface area contributed by atoms with Crippen LogP contribution in [0.15, 0.2) is 18.3 Å². The van der Waals surface area contributed by atoms with Crippen LogP contribution in [0.1, 0.15) is 24.8 Å². The molecule has 0 aliphatic carbocycles. The number of nitrogens with one attached hydrogen (secondary N) is 2. The lowest BCUT2D eigenvalue weighted by Gasteiger charge is -2.33. The Labute approximate surface area is 155 Å². The van der Waals surface area contributed by atoms with Gasteiger partial charge < -0.3 is 20.4 Å². The fourth-order valence-corrected chi connectivity index (χ4v) is 3.57. The standard InChI is InChI=1S/C19H29N5O2/c1-15-4-5-17(21-13-15)22-19(26)16-3-2-9-23(14-16)10-6-18(25)24-11-7-20-8-12-24/h4-5,13,16,20H,2-3,6-12,14H2,1H3,(H,21,22,26). The molecule has 3 heterocycles. The lowest BCUT2D eigenvalue weighted by atomic mass is 9.97. The van der Waals surface area contributed by atoms with Gasteiger partial charge in [-0.2, -0.15) is 0 Å². The minimum absolute atomic E-state index is 0.0273. The number of carbonyl (C=O) groups excluding carboxylic acids is 2. The van der Waals surface area contributed by atoms with Crippen LogP contribution in [-0.2, 0) is 9.59 Å². The SMILES string of the molecule is Cc1ccc(NC(=O)C2CCCN(CCC(=O)N3CCNCC3)C2)nc1. The number of carbonyl (C=O) groups is 2. The Morgan fingerprint density at radius 1 is 1.27 bits per heavy atom. The maximum Gasteiger partial charge on any atom is 0.229 e. The van der Waals surface area contributed by atoms with Gasteiger partial charge in [0.1, 0.15) is 5.82 Å². The zero-order valence-corrected chi connectivity index (χ0v) is 15.5. The number of nitrogens with zero attached hydrogens (tertiary/aromatic N) is 3. The molecule has 1 atom stereocenters. The number of rotatable bonds is 5. The van der Waals surface area contributed by atoms with E-state index in [1.807, 2.05) is 24.0 Å². The van der Waals surface area contributed by atoms with Crippen LogP contribution in [0.4, 0.5) is 5.82 Å². The number of amides is 2. The summed E-state index contributed by atoms with van der Waals surface area (Å²) in [6, 6.07) is 3.78. The van der Waals surface area contributed by atoms with Gasteiger partial charge >= 0.3 is 0 Å². The van der Waals surface area contributed by atoms with Crippen molar-refractivity contribution in [3.8, 4) is 0 Å². The van der Waals surface area contributed by atoms with Crippen LogP contribution in [0.3, 0.4) is 0 Å². The average Bonchev–Trinajstić information content (AvgIpc) is 2.69. The Kier molecular flexibility index (Phi) is 6.57. The Morgan fingerprint density at radius 3 is 2.81 bits per heavy atom. The summed E-state index contributed by atoms with van der Waals surface area (Å²) in [6.07, 6.45) is 4.17. The van der Waals surface area contributed by atoms with E-state index in [0.717, 1.165) is 57.7 Å². The minimum atomic E-state index is -0.0406. The highest BCUT2D eigenvalue weighted by molar-refractivity contribution is 5.91. The molecule has 0 aromatic carbocycles. The quantitative estimate of drug-likeness (QED) is 0.815. The van der Waals surface area contributed by atoms with Gasteiger partial charge in [0.25, 0.3) is 0 Å². The van der Waals surface area contributed by atoms with Crippen molar-refractivity contribution in [2.24, 2.45) is 5.92 Å². The van der Waals surface area contributed by atoms with Crippen molar-refractivity contribution in [2.75, 3.05) is 51.1 Å². The van der Waals surface area contributed by atoms with Crippen LogP contribution in [0.5, 0.6) is 0 Å². The molecule has 1 aromatic heterocycles. The lowest BCUT2D eigenvalue weighted by Crippen LogP contribution is -2.47. The Morgan fingerprint density at radius 2 is 2.08 bits per heavy atom. The molecule has 0 radical (unpaired) electrons. The summed E-state index contributed by atoms with van der Waals surface area (Å²) in [5, 5.41) is 6.18. The predicted octanol–water partition coefficient (Wildman–Crippen LogP) is 0.862. The molecule has 26 heavy (non-hydrogen) atoms. The van der Waals surface area contributed by atoms with Gasteiger partial charge in [0.2, 0.25) is 11.8 Å². The molecule has 0 spiro atoms. The number of likely N-dealkylation sites (tertiary alicyclic amines) is 1. The van der Waals surface area contributed by atoms with Crippen molar-refractivity contribution in [2.45, 2.75) is 26.2 Å². The van der Waals surface area contributed by atoms with Gasteiger partial charge in [0.05, 0.1) is 5.92 Å². The van der Waals surface area contributed by atoms with Crippen molar-refractivity contribution in [3.05, 3.63) is 23.9 Å². The lowest BCUT2D eigenvalue weighted by molar-refractivity contribution is -0.132. The zero-order valence-electron chi connectivity index (χ0n) is 15.5. The summed E-state index contributed by atoms with van der Waals surface area (Å²) in [5.41, 5.74) is 1.07. The van der Waals surface area contributed by atoms with Gasteiger partial charge in [-0.1, -0.05) is 6.07 Å². The Balaban J connectivity index is 1.45. The van der Waals surface area contributed by atoms with E-state index in [1.165, 1.54) is 0 Å². The first-order valence-electron chi connectivity index (χ1n) is 9.56. The van der Waals surface area contributed by atoms with Crippen LogP contribution in [0, 0.1) is 12.8 Å². The second-order valence-electron chi connectivity index (χ2n) is 7.23. The molecular weight excluding hydrogens is 330 g/mol. The first-order chi connectivity index (χ1) is 12.6. The summed E-state index contributed by atoms with van der Waals surface area (Å²) >= 11 is 0. The molecular formula is C19H29N5O2. The van der Waals surface area contributed by atoms with E-state index in [9.17, 15) is 9.59 Å². The smallest absolute Gasteiger partial charge is 0.229 e. The van der Waals surface area contributed by atoms with Crippen LogP contribution in [0.2, 0.25) is 0 Å². The topological polar surface area (TPSA) is 77.6 Å². The molecule has 2 fully saturated rings. The molecule has 2 N–H and O–H groups in total. The van der Waals surface area contributed by atoms with Gasteiger partial charge in [-0.15, -0.1) is 0 Å². The van der Waals surface area contributed by atoms with Crippen molar-refractivity contribution < 1.29 is 9.59 Å². The number of piperazine rings is 1. The largest absolute Gasteiger partial charge is 0.340 e. The summed E-state index contributed by atoms with van der Waals surface area (Å²) in [4.78, 5) is 33.3. The number of hydrogen-bond donors (Lipinski definition) is 2. The number of hydrogen-bond acceptors (Lipinski definition) is 5. The summed E-state index contributed by atoms with van der Waals surface area (Å²) in [5.74, 6) is 0.814. The number of aryl methyl sites for hydroxylation is 1. The third kappa shape index (κ3) is 5.25. The zero-order chi connectivity index (χ0) is 18.4. The van der Waals surface area contributed by atoms with E-state index in [4.69, 9.17) is 0 Å². The first kappa shape index (κ1) is 18.8. The molecule has 2 aliphatic heterocycles. The molecule has 1 unspecified atom stereocenters. The van der Waals surface area contributed by atoms with Crippen LogP contribution in [0.25, 0.3) is 0 Å². The summed E-state index contributed by atoms with van der Waals surface area (Å²) in [6.45, 7) is 7.74. The third-order valence-electron chi connectivity index (χ3n) is 5.15. The molecule has 0 saturated carbocycles. The molecule has 1 aromatic rings. The Bertz CT molecular complexity index is 613. The molecule has 7 heteroatoms. The highest BCUT2D eigenvalue weighted by Gasteiger charge is 2.26. The first-order valence-corrected chi connectivity index (χ1v) is 9.56. The molecule has 2 amide bonds. The molecule has 2 saturated heterocycles. The molecule has 2 aliphatic rings. The monoisotopic (exact) mass is 359 g/mol. The van der Waals surface area contributed by atoms with Crippen LogP contribution < -0.4 is 10.6 Å². The van der Waals surface area contributed by atoms with E-state index >= 15 is 0 Å². The van der Waals surface area contributed by atoms with E-state index in [2.05, 4.69) is 20.5 Å². The molecule has 142 valence electrons. The number of aromatic nitrogens is 1. The van der Waals surface area contributed by atoms with E-state index in [1.54, 1.807) is 6.20 Å². The van der Waals surface area contributed by atoms with Crippen molar-refractivity contribution in [1.29, 1.82) is 0 Å². The number of pyridine rings is 1. The number of piperidine rings is 1. The van der Waals surface area contributed by atoms with Gasteiger partial charge in [-0.3, -0.25) is 9.59 Å². The van der Waals surface area contributed by atoms with Gasteiger partial charge in [0.15, 0.2) is 0 Å². The van der Waals surface area contributed by atoms with E-state index in [0.29, 0.717) is 18.8 Å². The second-order valence-corrected chi connectivity index (χ2v) is 7.23. The van der Waals surface area contributed by atoms with Crippen molar-refractivity contribution in [3.63, 3.8) is 0 Å². The van der Waals surface area contributed by atoms with Gasteiger partial charge in [-0.05, 0) is 37.9 Å².